The van der Waals surface area contributed by atoms with E-state index in [4.69, 9.17) is 11.6 Å². The Labute approximate surface area is 160 Å². The van der Waals surface area contributed by atoms with Crippen molar-refractivity contribution in [1.82, 2.24) is 14.9 Å². The summed E-state index contributed by atoms with van der Waals surface area (Å²) in [5, 5.41) is 0.841. The van der Waals surface area contributed by atoms with Crippen LogP contribution in [0.25, 0.3) is 11.0 Å². The summed E-state index contributed by atoms with van der Waals surface area (Å²) >= 11 is 9.94. The highest BCUT2D eigenvalue weighted by Gasteiger charge is 2.18. The Morgan fingerprint density at radius 3 is 2.72 bits per heavy atom. The number of para-hydroxylation sites is 1. The average molecular weight is 420 g/mol. The summed E-state index contributed by atoms with van der Waals surface area (Å²) in [6.07, 6.45) is 2.78. The fourth-order valence-corrected chi connectivity index (χ4v) is 4.28. The minimum atomic E-state index is 0.841. The molecule has 0 radical (unpaired) electrons. The molecule has 0 saturated carbocycles. The molecule has 1 aromatic heterocycles. The second kappa shape index (κ2) is 7.36. The molecule has 2 aromatic carbocycles. The Morgan fingerprint density at radius 1 is 1.12 bits per heavy atom. The maximum absolute atomic E-state index is 6.32. The van der Waals surface area contributed by atoms with Gasteiger partial charge in [0.05, 0.1) is 22.6 Å². The van der Waals surface area contributed by atoms with Gasteiger partial charge in [0.15, 0.2) is 0 Å². The van der Waals surface area contributed by atoms with Gasteiger partial charge in [-0.25, -0.2) is 4.98 Å². The number of halogens is 2. The van der Waals surface area contributed by atoms with Gasteiger partial charge in [-0.05, 0) is 52.2 Å². The third-order valence-corrected chi connectivity index (χ3v) is 5.74. The van der Waals surface area contributed by atoms with Gasteiger partial charge in [-0.2, -0.15) is 0 Å². The lowest BCUT2D eigenvalue weighted by Crippen LogP contribution is -2.47. The molecule has 0 amide bonds. The van der Waals surface area contributed by atoms with Crippen molar-refractivity contribution < 1.29 is 0 Å². The Kier molecular flexibility index (Phi) is 4.97. The van der Waals surface area contributed by atoms with Crippen LogP contribution >= 0.6 is 27.5 Å². The summed E-state index contributed by atoms with van der Waals surface area (Å²) in [6.45, 7) is 5.25. The molecule has 4 rings (SSSR count). The number of aromatic amines is 1. The Bertz CT molecular complexity index is 871. The molecule has 0 unspecified atom stereocenters. The van der Waals surface area contributed by atoms with Crippen LogP contribution in [0.4, 0.5) is 5.69 Å². The van der Waals surface area contributed by atoms with Crippen LogP contribution in [0.5, 0.6) is 0 Å². The molecule has 1 aliphatic rings. The number of imidazole rings is 1. The van der Waals surface area contributed by atoms with Gasteiger partial charge in [0.2, 0.25) is 0 Å². The number of hydrogen-bond donors (Lipinski definition) is 1. The summed E-state index contributed by atoms with van der Waals surface area (Å²) in [5.41, 5.74) is 4.57. The number of benzene rings is 2. The Balaban J connectivity index is 1.35. The second-order valence-corrected chi connectivity index (χ2v) is 7.67. The van der Waals surface area contributed by atoms with Crippen LogP contribution in [0.15, 0.2) is 47.2 Å². The van der Waals surface area contributed by atoms with E-state index in [0.29, 0.717) is 0 Å². The van der Waals surface area contributed by atoms with Crippen LogP contribution in [0.1, 0.15) is 5.56 Å². The van der Waals surface area contributed by atoms with E-state index in [-0.39, 0.29) is 0 Å². The number of nitrogens with one attached hydrogen (secondary N) is 1. The normalized spacial score (nSPS) is 15.8. The van der Waals surface area contributed by atoms with E-state index < -0.39 is 0 Å². The summed E-state index contributed by atoms with van der Waals surface area (Å²) < 4.78 is 1.06. The zero-order valence-corrected chi connectivity index (χ0v) is 16.2. The predicted molar refractivity (Wildman–Crippen MR) is 108 cm³/mol. The Morgan fingerprint density at radius 2 is 1.92 bits per heavy atom. The van der Waals surface area contributed by atoms with Crippen molar-refractivity contribution in [3.05, 3.63) is 57.8 Å². The van der Waals surface area contributed by atoms with E-state index in [0.717, 1.165) is 65.4 Å². The predicted octanol–water partition coefficient (Wildman–Crippen LogP) is 4.34. The van der Waals surface area contributed by atoms with E-state index in [1.54, 1.807) is 6.33 Å². The van der Waals surface area contributed by atoms with Crippen molar-refractivity contribution >= 4 is 44.3 Å². The van der Waals surface area contributed by atoms with E-state index >= 15 is 0 Å². The van der Waals surface area contributed by atoms with Crippen LogP contribution < -0.4 is 4.90 Å². The maximum Gasteiger partial charge on any atom is 0.102 e. The highest BCUT2D eigenvalue weighted by Crippen LogP contribution is 2.26. The van der Waals surface area contributed by atoms with Crippen molar-refractivity contribution in [2.24, 2.45) is 0 Å². The molecule has 1 aliphatic heterocycles. The molecular formula is C19H20BrClN4. The van der Waals surface area contributed by atoms with Gasteiger partial charge in [-0.3, -0.25) is 4.90 Å². The molecule has 0 aliphatic carbocycles. The minimum absolute atomic E-state index is 0.841. The lowest BCUT2D eigenvalue weighted by atomic mass is 10.1. The molecule has 1 saturated heterocycles. The quantitative estimate of drug-likeness (QED) is 0.683. The van der Waals surface area contributed by atoms with Gasteiger partial charge in [0, 0.05) is 37.2 Å². The number of aromatic nitrogens is 2. The molecule has 4 nitrogen and oxygen atoms in total. The van der Waals surface area contributed by atoms with Crippen LogP contribution in [-0.2, 0) is 6.42 Å². The fourth-order valence-electron chi connectivity index (χ4n) is 3.41. The number of hydrogen-bond acceptors (Lipinski definition) is 3. The summed E-state index contributed by atoms with van der Waals surface area (Å²) in [4.78, 5) is 12.4. The number of H-pyrrole nitrogens is 1. The smallest absolute Gasteiger partial charge is 0.102 e. The van der Waals surface area contributed by atoms with Gasteiger partial charge in [0.25, 0.3) is 0 Å². The molecule has 0 atom stereocenters. The summed E-state index contributed by atoms with van der Waals surface area (Å²) in [5.74, 6) is 0. The SMILES string of the molecule is Clc1ccccc1N1CCN(CCc2cc(Br)c3nc[nH]c3c2)CC1. The first kappa shape index (κ1) is 16.9. The van der Waals surface area contributed by atoms with Crippen LogP contribution in [0.2, 0.25) is 5.02 Å². The van der Waals surface area contributed by atoms with E-state index in [1.807, 2.05) is 12.1 Å². The first-order valence-electron chi connectivity index (χ1n) is 8.54. The summed E-state index contributed by atoms with van der Waals surface area (Å²) in [6, 6.07) is 12.5. The number of piperazine rings is 1. The van der Waals surface area contributed by atoms with Crippen molar-refractivity contribution in [1.29, 1.82) is 0 Å². The first-order chi connectivity index (χ1) is 12.2. The summed E-state index contributed by atoms with van der Waals surface area (Å²) in [7, 11) is 0. The van der Waals surface area contributed by atoms with Crippen LogP contribution in [-0.4, -0.2) is 47.6 Å². The number of fused-ring (bicyclic) bond motifs is 1. The van der Waals surface area contributed by atoms with Crippen LogP contribution in [0, 0.1) is 0 Å². The molecule has 0 spiro atoms. The standard InChI is InChI=1S/C19H20BrClN4/c20-15-11-14(12-17-19(15)23-13-22-17)5-6-24-7-9-25(10-8-24)18-4-2-1-3-16(18)21/h1-4,11-13H,5-10H2,(H,22,23). The molecule has 2 heterocycles. The van der Waals surface area contributed by atoms with Crippen molar-refractivity contribution in [3.8, 4) is 0 Å². The zero-order chi connectivity index (χ0) is 17.2. The fraction of sp³-hybridized carbons (Fsp3) is 0.316. The van der Waals surface area contributed by atoms with Gasteiger partial charge >= 0.3 is 0 Å². The van der Waals surface area contributed by atoms with Crippen LogP contribution in [0.3, 0.4) is 0 Å². The molecule has 0 bridgehead atoms. The van der Waals surface area contributed by atoms with Gasteiger partial charge in [-0.1, -0.05) is 23.7 Å². The lowest BCUT2D eigenvalue weighted by molar-refractivity contribution is 0.261. The molecule has 1 N–H and O–H groups in total. The van der Waals surface area contributed by atoms with Gasteiger partial charge in [0.1, 0.15) is 5.52 Å². The van der Waals surface area contributed by atoms with E-state index in [1.165, 1.54) is 5.56 Å². The monoisotopic (exact) mass is 418 g/mol. The van der Waals surface area contributed by atoms with Crippen molar-refractivity contribution in [3.63, 3.8) is 0 Å². The van der Waals surface area contributed by atoms with Gasteiger partial charge < -0.3 is 9.88 Å². The van der Waals surface area contributed by atoms with Gasteiger partial charge in [-0.15, -0.1) is 0 Å². The average Bonchev–Trinajstić information content (AvgIpc) is 3.10. The van der Waals surface area contributed by atoms with Crippen molar-refractivity contribution in [2.75, 3.05) is 37.6 Å². The first-order valence-corrected chi connectivity index (χ1v) is 9.71. The molecule has 1 fully saturated rings. The molecule has 3 aromatic rings. The molecule has 25 heavy (non-hydrogen) atoms. The number of rotatable bonds is 4. The largest absolute Gasteiger partial charge is 0.368 e. The lowest BCUT2D eigenvalue weighted by Gasteiger charge is -2.36. The van der Waals surface area contributed by atoms with E-state index in [9.17, 15) is 0 Å². The molecular weight excluding hydrogens is 400 g/mol. The third-order valence-electron chi connectivity index (χ3n) is 4.82. The second-order valence-electron chi connectivity index (χ2n) is 6.41. The highest BCUT2D eigenvalue weighted by molar-refractivity contribution is 9.10. The third kappa shape index (κ3) is 3.68. The minimum Gasteiger partial charge on any atom is -0.368 e. The number of nitrogens with zero attached hydrogens (tertiary/aromatic N) is 3. The number of anilines is 1. The van der Waals surface area contributed by atoms with E-state index in [2.05, 4.69) is 60.0 Å². The topological polar surface area (TPSA) is 35.2 Å². The molecule has 6 heteroatoms. The van der Waals surface area contributed by atoms with Crippen molar-refractivity contribution in [2.45, 2.75) is 6.42 Å². The highest BCUT2D eigenvalue weighted by atomic mass is 79.9. The Hall–Kier alpha value is -1.56. The molecule has 130 valence electrons. The maximum atomic E-state index is 6.32. The zero-order valence-electron chi connectivity index (χ0n) is 13.9.